The molecule has 1 atom stereocenters. The average Bonchev–Trinajstić information content (AvgIpc) is 2.75. The van der Waals surface area contributed by atoms with E-state index in [0.717, 1.165) is 26.1 Å². The summed E-state index contributed by atoms with van der Waals surface area (Å²) in [5, 5.41) is 4.18. The van der Waals surface area contributed by atoms with Crippen LogP contribution in [0.25, 0.3) is 0 Å². The number of hydrogen-bond acceptors (Lipinski definition) is 4. The number of aromatic nitrogens is 2. The highest BCUT2D eigenvalue weighted by atomic mass is 16.5. The van der Waals surface area contributed by atoms with Crippen molar-refractivity contribution in [3.63, 3.8) is 0 Å². The quantitative estimate of drug-likeness (QED) is 0.830. The Morgan fingerprint density at radius 2 is 2.41 bits per heavy atom. The number of nitrogen functional groups attached to an aromatic ring is 1. The minimum Gasteiger partial charge on any atom is -0.382 e. The Kier molecular flexibility index (Phi) is 4.39. The molecule has 0 saturated carbocycles. The number of nitrogens with two attached hydrogens (primary N) is 1. The highest BCUT2D eigenvalue weighted by Crippen LogP contribution is 2.12. The highest BCUT2D eigenvalue weighted by molar-refractivity contribution is 5.23. The zero-order valence-electron chi connectivity index (χ0n) is 10.5. The SMILES string of the molecule is COC1CCCN(CCCn2ccc(N)n2)C1. The Morgan fingerprint density at radius 1 is 1.53 bits per heavy atom. The van der Waals surface area contributed by atoms with Crippen LogP contribution in [0.1, 0.15) is 19.3 Å². The molecule has 5 nitrogen and oxygen atoms in total. The van der Waals surface area contributed by atoms with Crippen molar-refractivity contribution in [2.45, 2.75) is 31.9 Å². The molecule has 2 heterocycles. The lowest BCUT2D eigenvalue weighted by Gasteiger charge is -2.31. The molecule has 17 heavy (non-hydrogen) atoms. The Morgan fingerprint density at radius 3 is 3.12 bits per heavy atom. The monoisotopic (exact) mass is 238 g/mol. The van der Waals surface area contributed by atoms with Crippen LogP contribution < -0.4 is 5.73 Å². The van der Waals surface area contributed by atoms with Gasteiger partial charge < -0.3 is 15.4 Å². The van der Waals surface area contributed by atoms with E-state index in [-0.39, 0.29) is 0 Å². The van der Waals surface area contributed by atoms with Crippen molar-refractivity contribution in [1.82, 2.24) is 14.7 Å². The van der Waals surface area contributed by atoms with Crippen molar-refractivity contribution in [3.8, 4) is 0 Å². The number of hydrogen-bond donors (Lipinski definition) is 1. The first-order valence-corrected chi connectivity index (χ1v) is 6.32. The van der Waals surface area contributed by atoms with Gasteiger partial charge in [0, 0.05) is 26.4 Å². The van der Waals surface area contributed by atoms with Crippen LogP contribution in [0.15, 0.2) is 12.3 Å². The summed E-state index contributed by atoms with van der Waals surface area (Å²) >= 11 is 0. The number of nitrogens with zero attached hydrogens (tertiary/aromatic N) is 3. The lowest BCUT2D eigenvalue weighted by molar-refractivity contribution is 0.0306. The molecule has 0 spiro atoms. The van der Waals surface area contributed by atoms with Gasteiger partial charge in [0.15, 0.2) is 0 Å². The van der Waals surface area contributed by atoms with Gasteiger partial charge in [0.1, 0.15) is 5.82 Å². The number of ether oxygens (including phenoxy) is 1. The molecule has 0 aliphatic carbocycles. The van der Waals surface area contributed by atoms with E-state index >= 15 is 0 Å². The molecular formula is C12H22N4O. The van der Waals surface area contributed by atoms with Crippen LogP contribution in [-0.2, 0) is 11.3 Å². The van der Waals surface area contributed by atoms with Gasteiger partial charge in [-0.25, -0.2) is 0 Å². The first-order chi connectivity index (χ1) is 8.28. The van der Waals surface area contributed by atoms with Gasteiger partial charge in [-0.1, -0.05) is 0 Å². The van der Waals surface area contributed by atoms with Gasteiger partial charge in [-0.3, -0.25) is 4.68 Å². The predicted octanol–water partition coefficient (Wildman–Crippen LogP) is 0.966. The topological polar surface area (TPSA) is 56.3 Å². The number of likely N-dealkylation sites (tertiary alicyclic amines) is 1. The van der Waals surface area contributed by atoms with E-state index < -0.39 is 0 Å². The summed E-state index contributed by atoms with van der Waals surface area (Å²) in [6, 6.07) is 1.84. The minimum absolute atomic E-state index is 0.420. The third-order valence-electron chi connectivity index (χ3n) is 3.32. The van der Waals surface area contributed by atoms with Gasteiger partial charge in [-0.05, 0) is 38.4 Å². The molecule has 5 heteroatoms. The first kappa shape index (κ1) is 12.4. The lowest BCUT2D eigenvalue weighted by atomic mass is 10.1. The molecule has 1 fully saturated rings. The van der Waals surface area contributed by atoms with E-state index in [4.69, 9.17) is 10.5 Å². The van der Waals surface area contributed by atoms with Gasteiger partial charge in [0.05, 0.1) is 6.10 Å². The number of rotatable bonds is 5. The van der Waals surface area contributed by atoms with Gasteiger partial charge in [0.2, 0.25) is 0 Å². The molecule has 2 N–H and O–H groups in total. The first-order valence-electron chi connectivity index (χ1n) is 6.32. The molecule has 1 unspecified atom stereocenters. The smallest absolute Gasteiger partial charge is 0.145 e. The fourth-order valence-electron chi connectivity index (χ4n) is 2.37. The van der Waals surface area contributed by atoms with Gasteiger partial charge >= 0.3 is 0 Å². The molecule has 1 aromatic heterocycles. The molecule has 96 valence electrons. The minimum atomic E-state index is 0.420. The van der Waals surface area contributed by atoms with Crippen LogP contribution >= 0.6 is 0 Å². The number of aryl methyl sites for hydroxylation is 1. The zero-order valence-corrected chi connectivity index (χ0v) is 10.5. The summed E-state index contributed by atoms with van der Waals surface area (Å²) in [6.45, 7) is 4.31. The second-order valence-corrected chi connectivity index (χ2v) is 4.66. The molecular weight excluding hydrogens is 216 g/mol. The summed E-state index contributed by atoms with van der Waals surface area (Å²) < 4.78 is 7.32. The second-order valence-electron chi connectivity index (χ2n) is 4.66. The summed E-state index contributed by atoms with van der Waals surface area (Å²) in [4.78, 5) is 2.48. The summed E-state index contributed by atoms with van der Waals surface area (Å²) in [7, 11) is 1.81. The van der Waals surface area contributed by atoms with Crippen LogP contribution in [0.3, 0.4) is 0 Å². The van der Waals surface area contributed by atoms with Crippen molar-refractivity contribution in [2.24, 2.45) is 0 Å². The Balaban J connectivity index is 1.68. The molecule has 0 aromatic carbocycles. The van der Waals surface area contributed by atoms with Crippen molar-refractivity contribution in [2.75, 3.05) is 32.5 Å². The molecule has 1 aliphatic heterocycles. The Labute approximate surface area is 103 Å². The lowest BCUT2D eigenvalue weighted by Crippen LogP contribution is -2.39. The molecule has 0 bridgehead atoms. The fraction of sp³-hybridized carbons (Fsp3) is 0.750. The number of piperidine rings is 1. The van der Waals surface area contributed by atoms with Crippen molar-refractivity contribution >= 4 is 5.82 Å². The highest BCUT2D eigenvalue weighted by Gasteiger charge is 2.18. The number of methoxy groups -OCH3 is 1. The molecule has 0 amide bonds. The van der Waals surface area contributed by atoms with Crippen LogP contribution in [0.2, 0.25) is 0 Å². The van der Waals surface area contributed by atoms with E-state index in [1.807, 2.05) is 16.9 Å². The summed E-state index contributed by atoms with van der Waals surface area (Å²) in [5.41, 5.74) is 5.57. The predicted molar refractivity (Wildman–Crippen MR) is 67.7 cm³/mol. The Hall–Kier alpha value is -1.07. The molecule has 1 aromatic rings. The van der Waals surface area contributed by atoms with Crippen LogP contribution in [0.4, 0.5) is 5.82 Å². The van der Waals surface area contributed by atoms with Gasteiger partial charge in [0.25, 0.3) is 0 Å². The van der Waals surface area contributed by atoms with E-state index in [1.165, 1.54) is 19.4 Å². The van der Waals surface area contributed by atoms with E-state index in [9.17, 15) is 0 Å². The zero-order chi connectivity index (χ0) is 12.1. The molecule has 2 rings (SSSR count). The number of anilines is 1. The molecule has 0 radical (unpaired) electrons. The van der Waals surface area contributed by atoms with Crippen molar-refractivity contribution in [1.29, 1.82) is 0 Å². The van der Waals surface area contributed by atoms with Crippen molar-refractivity contribution < 1.29 is 4.74 Å². The van der Waals surface area contributed by atoms with Crippen LogP contribution in [-0.4, -0.2) is 47.5 Å². The fourth-order valence-corrected chi connectivity index (χ4v) is 2.37. The van der Waals surface area contributed by atoms with E-state index in [2.05, 4.69) is 10.00 Å². The van der Waals surface area contributed by atoms with Crippen molar-refractivity contribution in [3.05, 3.63) is 12.3 Å². The second kappa shape index (κ2) is 6.02. The Bertz CT molecular complexity index is 339. The summed E-state index contributed by atoms with van der Waals surface area (Å²) in [5.74, 6) is 0.599. The van der Waals surface area contributed by atoms with E-state index in [1.54, 1.807) is 7.11 Å². The average molecular weight is 238 g/mol. The maximum atomic E-state index is 5.57. The third kappa shape index (κ3) is 3.71. The van der Waals surface area contributed by atoms with Gasteiger partial charge in [-0.2, -0.15) is 5.10 Å². The van der Waals surface area contributed by atoms with Gasteiger partial charge in [-0.15, -0.1) is 0 Å². The maximum absolute atomic E-state index is 5.57. The summed E-state index contributed by atoms with van der Waals surface area (Å²) in [6.07, 6.45) is 5.90. The van der Waals surface area contributed by atoms with Crippen LogP contribution in [0.5, 0.6) is 0 Å². The van der Waals surface area contributed by atoms with Crippen LogP contribution in [0, 0.1) is 0 Å². The molecule has 1 aliphatic rings. The maximum Gasteiger partial charge on any atom is 0.145 e. The van der Waals surface area contributed by atoms with E-state index in [0.29, 0.717) is 11.9 Å². The normalized spacial score (nSPS) is 21.8. The molecule has 1 saturated heterocycles. The largest absolute Gasteiger partial charge is 0.382 e. The third-order valence-corrected chi connectivity index (χ3v) is 3.32. The standard InChI is InChI=1S/C12H22N4O/c1-17-11-4-2-6-15(10-11)7-3-8-16-9-5-12(13)14-16/h5,9,11H,2-4,6-8,10H2,1H3,(H2,13,14).